The van der Waals surface area contributed by atoms with Crippen LogP contribution in [0, 0.1) is 10.1 Å². The third-order valence-electron chi connectivity index (χ3n) is 3.46. The molecule has 0 amide bonds. The smallest absolute Gasteiger partial charge is 0.311 e. The second-order valence-corrected chi connectivity index (χ2v) is 5.38. The Hall–Kier alpha value is -1.91. The molecule has 0 atom stereocenters. The molecule has 1 rings (SSSR count). The molecule has 0 fully saturated rings. The number of nitro benzene ring substituents is 1. The van der Waals surface area contributed by atoms with Crippen LogP contribution >= 0.6 is 0 Å². The second kappa shape index (κ2) is 9.92. The Balaban J connectivity index is 2.66. The van der Waals surface area contributed by atoms with Crippen molar-refractivity contribution in [1.29, 1.82) is 0 Å². The van der Waals surface area contributed by atoms with Gasteiger partial charge in [-0.2, -0.15) is 0 Å². The minimum absolute atomic E-state index is 0.0725. The van der Waals surface area contributed by atoms with Gasteiger partial charge in [0, 0.05) is 18.1 Å². The minimum Gasteiger partial charge on any atom is -0.487 e. The Labute approximate surface area is 131 Å². The molecule has 0 unspecified atom stereocenters. The highest BCUT2D eigenvalue weighted by molar-refractivity contribution is 5.96. The van der Waals surface area contributed by atoms with E-state index in [1.807, 2.05) is 6.92 Å². The van der Waals surface area contributed by atoms with Gasteiger partial charge in [0.05, 0.1) is 11.5 Å². The highest BCUT2D eigenvalue weighted by Gasteiger charge is 2.18. The number of carbonyl (C=O) groups is 1. The quantitative estimate of drug-likeness (QED) is 0.251. The van der Waals surface area contributed by atoms with E-state index in [2.05, 4.69) is 6.92 Å². The number of carbonyl (C=O) groups excluding carboxylic acids is 1. The maximum Gasteiger partial charge on any atom is 0.311 e. The Morgan fingerprint density at radius 3 is 2.50 bits per heavy atom. The number of benzene rings is 1. The van der Waals surface area contributed by atoms with E-state index in [9.17, 15) is 14.9 Å². The van der Waals surface area contributed by atoms with Crippen LogP contribution in [0.15, 0.2) is 18.2 Å². The van der Waals surface area contributed by atoms with E-state index in [0.29, 0.717) is 18.6 Å². The number of Topliss-reactive ketones (excluding diaryl/α,β-unsaturated/α-hetero) is 1. The lowest BCUT2D eigenvalue weighted by Gasteiger charge is -2.08. The minimum atomic E-state index is -0.491. The fraction of sp³-hybridized carbons (Fsp3) is 0.588. The van der Waals surface area contributed by atoms with Crippen molar-refractivity contribution in [1.82, 2.24) is 0 Å². The molecule has 0 saturated carbocycles. The van der Waals surface area contributed by atoms with Gasteiger partial charge in [-0.25, -0.2) is 0 Å². The molecule has 22 heavy (non-hydrogen) atoms. The number of hydrogen-bond acceptors (Lipinski definition) is 4. The van der Waals surface area contributed by atoms with Crippen LogP contribution < -0.4 is 4.74 Å². The molecule has 0 saturated heterocycles. The molecule has 122 valence electrons. The standard InChI is InChI=1S/C17H25NO4/c1-3-5-6-7-8-12-22-17-11-10-14(16(19)9-4-2)13-15(17)18(20)21/h10-11,13H,3-9,12H2,1-2H3. The van der Waals surface area contributed by atoms with Crippen molar-refractivity contribution in [3.63, 3.8) is 0 Å². The first-order chi connectivity index (χ1) is 10.6. The highest BCUT2D eigenvalue weighted by Crippen LogP contribution is 2.28. The van der Waals surface area contributed by atoms with Crippen LogP contribution in [0.3, 0.4) is 0 Å². The first-order valence-electron chi connectivity index (χ1n) is 8.04. The van der Waals surface area contributed by atoms with Gasteiger partial charge in [-0.3, -0.25) is 14.9 Å². The van der Waals surface area contributed by atoms with Gasteiger partial charge in [0.2, 0.25) is 0 Å². The summed E-state index contributed by atoms with van der Waals surface area (Å²) in [7, 11) is 0. The lowest BCUT2D eigenvalue weighted by Crippen LogP contribution is -2.04. The van der Waals surface area contributed by atoms with Crippen LogP contribution in [0.1, 0.15) is 69.2 Å². The van der Waals surface area contributed by atoms with Crippen molar-refractivity contribution >= 4 is 11.5 Å². The zero-order chi connectivity index (χ0) is 16.4. The summed E-state index contributed by atoms with van der Waals surface area (Å²) in [5.74, 6) is 0.172. The summed E-state index contributed by atoms with van der Waals surface area (Å²) in [5, 5.41) is 11.1. The summed E-state index contributed by atoms with van der Waals surface area (Å²) in [6.07, 6.45) is 6.61. The lowest BCUT2D eigenvalue weighted by molar-refractivity contribution is -0.385. The van der Waals surface area contributed by atoms with Crippen molar-refractivity contribution < 1.29 is 14.5 Å². The third-order valence-corrected chi connectivity index (χ3v) is 3.46. The van der Waals surface area contributed by atoms with Gasteiger partial charge in [0.25, 0.3) is 0 Å². The van der Waals surface area contributed by atoms with Crippen molar-refractivity contribution in [3.8, 4) is 5.75 Å². The van der Waals surface area contributed by atoms with E-state index >= 15 is 0 Å². The van der Waals surface area contributed by atoms with Gasteiger partial charge in [-0.15, -0.1) is 0 Å². The third kappa shape index (κ3) is 5.84. The molecule has 0 radical (unpaired) electrons. The first kappa shape index (κ1) is 18.1. The van der Waals surface area contributed by atoms with Crippen LogP contribution in [-0.4, -0.2) is 17.3 Å². The Kier molecular flexibility index (Phi) is 8.18. The topological polar surface area (TPSA) is 69.4 Å². The summed E-state index contributed by atoms with van der Waals surface area (Å²) in [5.41, 5.74) is 0.249. The highest BCUT2D eigenvalue weighted by atomic mass is 16.6. The average molecular weight is 307 g/mol. The van der Waals surface area contributed by atoms with Crippen molar-refractivity contribution in [2.75, 3.05) is 6.61 Å². The lowest BCUT2D eigenvalue weighted by atomic mass is 10.1. The molecule has 0 aliphatic rings. The van der Waals surface area contributed by atoms with E-state index < -0.39 is 4.92 Å². The van der Waals surface area contributed by atoms with Crippen LogP contribution in [0.5, 0.6) is 5.75 Å². The van der Waals surface area contributed by atoms with E-state index in [1.54, 1.807) is 6.07 Å². The zero-order valence-corrected chi connectivity index (χ0v) is 13.5. The summed E-state index contributed by atoms with van der Waals surface area (Å²) >= 11 is 0. The van der Waals surface area contributed by atoms with Crippen LogP contribution in [0.2, 0.25) is 0 Å². The molecule has 0 aromatic heterocycles. The largest absolute Gasteiger partial charge is 0.487 e. The molecule has 0 bridgehead atoms. The Morgan fingerprint density at radius 1 is 1.14 bits per heavy atom. The normalized spacial score (nSPS) is 10.5. The number of unbranched alkanes of at least 4 members (excludes halogenated alkanes) is 4. The van der Waals surface area contributed by atoms with E-state index in [0.717, 1.165) is 25.7 Å². The van der Waals surface area contributed by atoms with Gasteiger partial charge in [-0.1, -0.05) is 39.5 Å². The number of ketones is 1. The molecular weight excluding hydrogens is 282 g/mol. The average Bonchev–Trinajstić information content (AvgIpc) is 2.50. The fourth-order valence-corrected chi connectivity index (χ4v) is 2.21. The zero-order valence-electron chi connectivity index (χ0n) is 13.5. The maximum atomic E-state index is 11.8. The molecule has 5 heteroatoms. The van der Waals surface area contributed by atoms with Gasteiger partial charge in [-0.05, 0) is 25.0 Å². The molecule has 0 N–H and O–H groups in total. The maximum absolute atomic E-state index is 11.8. The van der Waals surface area contributed by atoms with E-state index in [4.69, 9.17) is 4.74 Å². The summed E-state index contributed by atoms with van der Waals surface area (Å²) in [6, 6.07) is 4.47. The number of nitro groups is 1. The fourth-order valence-electron chi connectivity index (χ4n) is 2.21. The summed E-state index contributed by atoms with van der Waals surface area (Å²) < 4.78 is 5.52. The molecule has 0 heterocycles. The Bertz CT molecular complexity index is 499. The molecule has 0 spiro atoms. The molecule has 0 aliphatic carbocycles. The Morgan fingerprint density at radius 2 is 1.86 bits per heavy atom. The van der Waals surface area contributed by atoms with Gasteiger partial charge in [0.1, 0.15) is 0 Å². The predicted molar refractivity (Wildman–Crippen MR) is 86.6 cm³/mol. The SMILES string of the molecule is CCCCCCCOc1ccc(C(=O)CCC)cc1[N+](=O)[O-]. The number of ether oxygens (including phenoxy) is 1. The van der Waals surface area contributed by atoms with Crippen LogP contribution in [-0.2, 0) is 0 Å². The summed E-state index contributed by atoms with van der Waals surface area (Å²) in [6.45, 7) is 4.52. The number of rotatable bonds is 11. The second-order valence-electron chi connectivity index (χ2n) is 5.38. The monoisotopic (exact) mass is 307 g/mol. The first-order valence-corrected chi connectivity index (χ1v) is 8.04. The van der Waals surface area contributed by atoms with Crippen molar-refractivity contribution in [2.45, 2.75) is 58.8 Å². The molecule has 5 nitrogen and oxygen atoms in total. The van der Waals surface area contributed by atoms with Gasteiger partial charge < -0.3 is 4.74 Å². The van der Waals surface area contributed by atoms with E-state index in [1.165, 1.54) is 25.0 Å². The van der Waals surface area contributed by atoms with Crippen molar-refractivity contribution in [2.24, 2.45) is 0 Å². The molecule has 1 aromatic carbocycles. The van der Waals surface area contributed by atoms with Crippen molar-refractivity contribution in [3.05, 3.63) is 33.9 Å². The number of nitrogens with zero attached hydrogens (tertiary/aromatic N) is 1. The molecule has 0 aliphatic heterocycles. The summed E-state index contributed by atoms with van der Waals surface area (Å²) in [4.78, 5) is 22.5. The van der Waals surface area contributed by atoms with Gasteiger partial charge in [0.15, 0.2) is 11.5 Å². The molecular formula is C17H25NO4. The van der Waals surface area contributed by atoms with Crippen LogP contribution in [0.4, 0.5) is 5.69 Å². The predicted octanol–water partition coefficient (Wildman–Crippen LogP) is 4.93. The number of hydrogen-bond donors (Lipinski definition) is 0. The van der Waals surface area contributed by atoms with Crippen LogP contribution in [0.25, 0.3) is 0 Å². The van der Waals surface area contributed by atoms with E-state index in [-0.39, 0.29) is 17.2 Å². The molecule has 1 aromatic rings. The van der Waals surface area contributed by atoms with Gasteiger partial charge >= 0.3 is 5.69 Å².